The van der Waals surface area contributed by atoms with E-state index in [1.807, 2.05) is 60.7 Å². The number of carbonyl (C=O) groups is 1. The van der Waals surface area contributed by atoms with Crippen LogP contribution in [-0.4, -0.2) is 5.91 Å². The topological polar surface area (TPSA) is 52.9 Å². The van der Waals surface area contributed by atoms with Crippen molar-refractivity contribution in [1.82, 2.24) is 5.32 Å². The van der Waals surface area contributed by atoms with Gasteiger partial charge in [-0.25, -0.2) is 0 Å². The van der Waals surface area contributed by atoms with Crippen LogP contribution in [0.2, 0.25) is 5.02 Å². The number of halogens is 1. The minimum Gasteiger partial charge on any atom is -0.348 e. The van der Waals surface area contributed by atoms with Gasteiger partial charge in [-0.3, -0.25) is 4.79 Å². The highest BCUT2D eigenvalue weighted by atomic mass is 35.5. The maximum atomic E-state index is 12.6. The van der Waals surface area contributed by atoms with E-state index in [0.29, 0.717) is 22.7 Å². The number of amides is 1. The molecule has 3 aromatic rings. The van der Waals surface area contributed by atoms with Crippen LogP contribution >= 0.6 is 23.4 Å². The summed E-state index contributed by atoms with van der Waals surface area (Å²) in [7, 11) is 0. The van der Waals surface area contributed by atoms with Crippen molar-refractivity contribution in [2.75, 3.05) is 0 Å². The van der Waals surface area contributed by atoms with Gasteiger partial charge in [-0.2, -0.15) is 5.26 Å². The lowest BCUT2D eigenvalue weighted by Gasteiger charge is -2.10. The molecule has 0 saturated carbocycles. The monoisotopic (exact) mass is 392 g/mol. The fraction of sp³-hybridized carbons (Fsp3) is 0.0909. The second-order valence-corrected chi connectivity index (χ2v) is 7.36. The molecule has 0 radical (unpaired) electrons. The van der Waals surface area contributed by atoms with Gasteiger partial charge in [-0.1, -0.05) is 48.0 Å². The summed E-state index contributed by atoms with van der Waals surface area (Å²) in [5, 5.41) is 12.5. The van der Waals surface area contributed by atoms with E-state index in [1.54, 1.807) is 23.9 Å². The minimum absolute atomic E-state index is 0.104. The smallest absolute Gasteiger partial charge is 0.252 e. The molecule has 0 aliphatic heterocycles. The Morgan fingerprint density at radius 2 is 1.63 bits per heavy atom. The van der Waals surface area contributed by atoms with Crippen LogP contribution in [0, 0.1) is 11.3 Å². The van der Waals surface area contributed by atoms with E-state index in [-0.39, 0.29) is 5.91 Å². The Labute approximate surface area is 168 Å². The number of rotatable bonds is 6. The fourth-order valence-corrected chi connectivity index (χ4v) is 3.63. The lowest BCUT2D eigenvalue weighted by atomic mass is 10.2. The maximum absolute atomic E-state index is 12.6. The van der Waals surface area contributed by atoms with Crippen LogP contribution in [0.1, 0.15) is 27.0 Å². The lowest BCUT2D eigenvalue weighted by Crippen LogP contribution is -2.23. The second-order valence-electron chi connectivity index (χ2n) is 5.90. The average Bonchev–Trinajstić information content (AvgIpc) is 2.72. The van der Waals surface area contributed by atoms with E-state index in [2.05, 4.69) is 11.4 Å². The van der Waals surface area contributed by atoms with Crippen molar-refractivity contribution in [3.63, 3.8) is 0 Å². The first-order chi connectivity index (χ1) is 13.2. The second kappa shape index (κ2) is 9.27. The first kappa shape index (κ1) is 19.0. The molecule has 0 fully saturated rings. The third-order valence-corrected chi connectivity index (χ3v) is 5.37. The molecule has 134 valence electrons. The molecule has 0 bridgehead atoms. The molecule has 0 heterocycles. The highest BCUT2D eigenvalue weighted by Crippen LogP contribution is 2.26. The molecule has 0 aromatic heterocycles. The highest BCUT2D eigenvalue weighted by Gasteiger charge is 2.11. The number of nitriles is 1. The van der Waals surface area contributed by atoms with Crippen molar-refractivity contribution in [1.29, 1.82) is 5.26 Å². The van der Waals surface area contributed by atoms with Crippen LogP contribution in [0.15, 0.2) is 77.7 Å². The summed E-state index contributed by atoms with van der Waals surface area (Å²) in [6.07, 6.45) is 0. The Balaban J connectivity index is 1.64. The van der Waals surface area contributed by atoms with Gasteiger partial charge in [0.2, 0.25) is 0 Å². The van der Waals surface area contributed by atoms with Crippen LogP contribution in [0.3, 0.4) is 0 Å². The van der Waals surface area contributed by atoms with E-state index < -0.39 is 0 Å². The van der Waals surface area contributed by atoms with Gasteiger partial charge in [-0.15, -0.1) is 11.8 Å². The molecule has 0 saturated heterocycles. The van der Waals surface area contributed by atoms with Crippen LogP contribution in [-0.2, 0) is 12.3 Å². The quantitative estimate of drug-likeness (QED) is 0.569. The predicted octanol–water partition coefficient (Wildman–Crippen LogP) is 5.43. The molecule has 0 aliphatic carbocycles. The lowest BCUT2D eigenvalue weighted by molar-refractivity contribution is 0.0948. The molecule has 1 amide bonds. The number of hydrogen-bond acceptors (Lipinski definition) is 3. The zero-order valence-electron chi connectivity index (χ0n) is 14.5. The number of thioether (sulfide) groups is 1. The summed E-state index contributed by atoms with van der Waals surface area (Å²) in [6, 6.07) is 24.6. The minimum atomic E-state index is -0.104. The standard InChI is InChI=1S/C22H17ClN2OS/c23-19-11-9-17(10-12-19)14-25-22(26)20-3-1-2-4-21(20)27-15-18-7-5-16(13-24)6-8-18/h1-12H,14-15H2,(H,25,26). The van der Waals surface area contributed by atoms with E-state index >= 15 is 0 Å². The first-order valence-electron chi connectivity index (χ1n) is 8.39. The molecule has 0 aliphatic rings. The van der Waals surface area contributed by atoms with Crippen molar-refractivity contribution < 1.29 is 4.79 Å². The molecule has 3 rings (SSSR count). The van der Waals surface area contributed by atoms with E-state index in [9.17, 15) is 4.79 Å². The number of carbonyl (C=O) groups excluding carboxylic acids is 1. The van der Waals surface area contributed by atoms with Crippen molar-refractivity contribution in [2.45, 2.75) is 17.2 Å². The fourth-order valence-electron chi connectivity index (χ4n) is 2.50. The van der Waals surface area contributed by atoms with Crippen LogP contribution in [0.5, 0.6) is 0 Å². The van der Waals surface area contributed by atoms with E-state index in [0.717, 1.165) is 21.8 Å². The molecule has 1 N–H and O–H groups in total. The largest absolute Gasteiger partial charge is 0.348 e. The average molecular weight is 393 g/mol. The van der Waals surface area contributed by atoms with Crippen molar-refractivity contribution in [2.24, 2.45) is 0 Å². The van der Waals surface area contributed by atoms with Gasteiger partial charge in [0.05, 0.1) is 17.2 Å². The van der Waals surface area contributed by atoms with Gasteiger partial charge < -0.3 is 5.32 Å². The zero-order valence-corrected chi connectivity index (χ0v) is 16.1. The Morgan fingerprint density at radius 1 is 0.963 bits per heavy atom. The van der Waals surface area contributed by atoms with Crippen LogP contribution < -0.4 is 5.32 Å². The normalized spacial score (nSPS) is 10.2. The number of hydrogen-bond donors (Lipinski definition) is 1. The van der Waals surface area contributed by atoms with Gasteiger partial charge in [0.1, 0.15) is 0 Å². The number of benzene rings is 3. The van der Waals surface area contributed by atoms with Crippen molar-refractivity contribution >= 4 is 29.3 Å². The molecular weight excluding hydrogens is 376 g/mol. The summed E-state index contributed by atoms with van der Waals surface area (Å²) in [5.74, 6) is 0.626. The van der Waals surface area contributed by atoms with Gasteiger partial charge in [0.15, 0.2) is 0 Å². The Kier molecular flexibility index (Phi) is 6.54. The van der Waals surface area contributed by atoms with Gasteiger partial charge in [0.25, 0.3) is 5.91 Å². The summed E-state index contributed by atoms with van der Waals surface area (Å²) >= 11 is 7.49. The summed E-state index contributed by atoms with van der Waals surface area (Å²) < 4.78 is 0. The van der Waals surface area contributed by atoms with Gasteiger partial charge in [-0.05, 0) is 47.5 Å². The number of nitrogens with one attached hydrogen (secondary N) is 1. The first-order valence-corrected chi connectivity index (χ1v) is 9.75. The summed E-state index contributed by atoms with van der Waals surface area (Å²) in [4.78, 5) is 13.5. The van der Waals surface area contributed by atoms with Crippen molar-refractivity contribution in [3.05, 3.63) is 100 Å². The molecule has 27 heavy (non-hydrogen) atoms. The molecular formula is C22H17ClN2OS. The maximum Gasteiger partial charge on any atom is 0.252 e. The van der Waals surface area contributed by atoms with E-state index in [1.165, 1.54) is 0 Å². The van der Waals surface area contributed by atoms with Gasteiger partial charge >= 0.3 is 0 Å². The molecule has 0 atom stereocenters. The van der Waals surface area contributed by atoms with Crippen molar-refractivity contribution in [3.8, 4) is 6.07 Å². The predicted molar refractivity (Wildman–Crippen MR) is 110 cm³/mol. The Hall–Kier alpha value is -2.74. The van der Waals surface area contributed by atoms with Gasteiger partial charge in [0, 0.05) is 22.2 Å². The third kappa shape index (κ3) is 5.37. The Bertz CT molecular complexity index is 963. The third-order valence-electron chi connectivity index (χ3n) is 3.98. The molecule has 0 unspecified atom stereocenters. The summed E-state index contributed by atoms with van der Waals surface area (Å²) in [6.45, 7) is 0.449. The Morgan fingerprint density at radius 3 is 2.33 bits per heavy atom. The van der Waals surface area contributed by atoms with Crippen LogP contribution in [0.25, 0.3) is 0 Å². The molecule has 5 heteroatoms. The highest BCUT2D eigenvalue weighted by molar-refractivity contribution is 7.98. The molecule has 3 aromatic carbocycles. The SMILES string of the molecule is N#Cc1ccc(CSc2ccccc2C(=O)NCc2ccc(Cl)cc2)cc1. The molecule has 0 spiro atoms. The summed E-state index contributed by atoms with van der Waals surface area (Å²) in [5.41, 5.74) is 3.40. The van der Waals surface area contributed by atoms with Crippen LogP contribution in [0.4, 0.5) is 0 Å². The number of nitrogens with zero attached hydrogens (tertiary/aromatic N) is 1. The zero-order chi connectivity index (χ0) is 19.1. The van der Waals surface area contributed by atoms with E-state index in [4.69, 9.17) is 16.9 Å². The molecule has 3 nitrogen and oxygen atoms in total.